The Morgan fingerprint density at radius 1 is 0.327 bits per heavy atom. The molecule has 0 unspecified atom stereocenters. The zero-order chi connectivity index (χ0) is 36.6. The van der Waals surface area contributed by atoms with Crippen LogP contribution < -0.4 is 0 Å². The third-order valence-electron chi connectivity index (χ3n) is 10.0. The second-order valence-corrected chi connectivity index (χ2v) is 13.5. The smallest absolute Gasteiger partial charge is 0.164 e. The maximum absolute atomic E-state index is 6.41. The highest BCUT2D eigenvalue weighted by atomic mass is 16.3. The predicted octanol–water partition coefficient (Wildman–Crippen LogP) is 12.8. The van der Waals surface area contributed by atoms with E-state index in [0.717, 1.165) is 72.1 Å². The van der Waals surface area contributed by atoms with Crippen LogP contribution in [0.15, 0.2) is 199 Å². The standard InChI is InChI=1S/C50H32N4O/c1-4-11-33(12-5-1)35-19-23-37(24-20-35)44-29-27-41(32-51-44)42-17-10-18-46-47(42)43-31-40(28-30-45(43)55-46)50-53-48(38-15-8-3-9-16-38)52-49(54-50)39-25-21-36(22-26-39)34-13-6-2-7-14-34/h1-32H. The molecule has 0 fully saturated rings. The number of hydrogen-bond donors (Lipinski definition) is 0. The minimum Gasteiger partial charge on any atom is -0.456 e. The van der Waals surface area contributed by atoms with Crippen LogP contribution in [0.4, 0.5) is 0 Å². The number of pyridine rings is 1. The van der Waals surface area contributed by atoms with E-state index in [0.29, 0.717) is 17.5 Å². The van der Waals surface area contributed by atoms with Gasteiger partial charge in [0.25, 0.3) is 0 Å². The quantitative estimate of drug-likeness (QED) is 0.165. The van der Waals surface area contributed by atoms with Crippen molar-refractivity contribution in [3.8, 4) is 78.8 Å². The van der Waals surface area contributed by atoms with E-state index < -0.39 is 0 Å². The van der Waals surface area contributed by atoms with Gasteiger partial charge in [-0.25, -0.2) is 15.0 Å². The van der Waals surface area contributed by atoms with Crippen LogP contribution in [0.1, 0.15) is 0 Å². The first-order valence-electron chi connectivity index (χ1n) is 18.3. The van der Waals surface area contributed by atoms with Gasteiger partial charge in [0.15, 0.2) is 17.5 Å². The molecule has 3 heterocycles. The Morgan fingerprint density at radius 3 is 1.38 bits per heavy atom. The normalized spacial score (nSPS) is 11.3. The van der Waals surface area contributed by atoms with Gasteiger partial charge in [0, 0.05) is 44.8 Å². The van der Waals surface area contributed by atoms with Crippen molar-refractivity contribution >= 4 is 21.9 Å². The van der Waals surface area contributed by atoms with Crippen LogP contribution in [0.25, 0.3) is 101 Å². The van der Waals surface area contributed by atoms with Crippen molar-refractivity contribution < 1.29 is 4.42 Å². The molecule has 3 aromatic heterocycles. The minimum atomic E-state index is 0.592. The van der Waals surface area contributed by atoms with Crippen molar-refractivity contribution in [2.75, 3.05) is 0 Å². The summed E-state index contributed by atoms with van der Waals surface area (Å²) >= 11 is 0. The van der Waals surface area contributed by atoms with Gasteiger partial charge in [0.05, 0.1) is 5.69 Å². The Labute approximate surface area is 318 Å². The summed E-state index contributed by atoms with van der Waals surface area (Å²) in [5.74, 6) is 1.82. The average molecular weight is 705 g/mol. The van der Waals surface area contributed by atoms with Gasteiger partial charge in [-0.1, -0.05) is 158 Å². The van der Waals surface area contributed by atoms with E-state index in [1.54, 1.807) is 0 Å². The van der Waals surface area contributed by atoms with Crippen LogP contribution >= 0.6 is 0 Å². The Morgan fingerprint density at radius 2 is 0.800 bits per heavy atom. The number of benzene rings is 7. The van der Waals surface area contributed by atoms with Crippen LogP contribution in [-0.2, 0) is 0 Å². The molecule has 0 aliphatic rings. The third kappa shape index (κ3) is 6.24. The van der Waals surface area contributed by atoms with E-state index in [-0.39, 0.29) is 0 Å². The minimum absolute atomic E-state index is 0.592. The van der Waals surface area contributed by atoms with E-state index in [9.17, 15) is 0 Å². The second-order valence-electron chi connectivity index (χ2n) is 13.5. The first kappa shape index (κ1) is 32.2. The maximum Gasteiger partial charge on any atom is 0.164 e. The summed E-state index contributed by atoms with van der Waals surface area (Å²) in [6.45, 7) is 0. The lowest BCUT2D eigenvalue weighted by molar-refractivity contribution is 0.669. The highest BCUT2D eigenvalue weighted by molar-refractivity contribution is 6.13. The molecule has 5 heteroatoms. The van der Waals surface area contributed by atoms with Crippen LogP contribution in [0.3, 0.4) is 0 Å². The number of hydrogen-bond acceptors (Lipinski definition) is 5. The molecule has 5 nitrogen and oxygen atoms in total. The van der Waals surface area contributed by atoms with Gasteiger partial charge in [-0.15, -0.1) is 0 Å². The van der Waals surface area contributed by atoms with E-state index in [4.69, 9.17) is 24.4 Å². The van der Waals surface area contributed by atoms with Gasteiger partial charge in [0.1, 0.15) is 11.2 Å². The summed E-state index contributed by atoms with van der Waals surface area (Å²) in [4.78, 5) is 19.9. The van der Waals surface area contributed by atoms with Crippen LogP contribution in [0.2, 0.25) is 0 Å². The highest BCUT2D eigenvalue weighted by Gasteiger charge is 2.17. The Kier molecular flexibility index (Phi) is 8.08. The Balaban J connectivity index is 1.03. The van der Waals surface area contributed by atoms with E-state index >= 15 is 0 Å². The molecule has 7 aromatic carbocycles. The van der Waals surface area contributed by atoms with Gasteiger partial charge in [0.2, 0.25) is 0 Å². The summed E-state index contributed by atoms with van der Waals surface area (Å²) in [6, 6.07) is 64.3. The third-order valence-corrected chi connectivity index (χ3v) is 10.0. The van der Waals surface area contributed by atoms with E-state index in [1.807, 2.05) is 72.9 Å². The SMILES string of the molecule is c1ccc(-c2ccc(-c3ccc(-c4cccc5oc6ccc(-c7nc(-c8ccccc8)nc(-c8ccc(-c9ccccc9)cc8)n7)cc6c45)cn3)cc2)cc1. The molecule has 0 bridgehead atoms. The molecule has 0 saturated heterocycles. The number of rotatable bonds is 7. The van der Waals surface area contributed by atoms with Crippen molar-refractivity contribution in [3.63, 3.8) is 0 Å². The number of furan rings is 1. The van der Waals surface area contributed by atoms with Gasteiger partial charge in [-0.05, 0) is 58.1 Å². The highest BCUT2D eigenvalue weighted by Crippen LogP contribution is 2.39. The zero-order valence-electron chi connectivity index (χ0n) is 29.7. The molecular formula is C50H32N4O. The predicted molar refractivity (Wildman–Crippen MR) is 223 cm³/mol. The molecule has 0 atom stereocenters. The fraction of sp³-hybridized carbons (Fsp3) is 0. The monoisotopic (exact) mass is 704 g/mol. The Hall–Kier alpha value is -7.50. The topological polar surface area (TPSA) is 64.7 Å². The summed E-state index contributed by atoms with van der Waals surface area (Å²) in [7, 11) is 0. The summed E-state index contributed by atoms with van der Waals surface area (Å²) in [5, 5.41) is 2.01. The van der Waals surface area contributed by atoms with Gasteiger partial charge >= 0.3 is 0 Å². The fourth-order valence-electron chi connectivity index (χ4n) is 7.19. The molecule has 258 valence electrons. The van der Waals surface area contributed by atoms with Crippen molar-refractivity contribution in [3.05, 3.63) is 194 Å². The maximum atomic E-state index is 6.41. The molecule has 10 rings (SSSR count). The van der Waals surface area contributed by atoms with Crippen LogP contribution in [0, 0.1) is 0 Å². The molecule has 0 spiro atoms. The second kappa shape index (κ2) is 13.8. The number of fused-ring (bicyclic) bond motifs is 3. The molecule has 55 heavy (non-hydrogen) atoms. The molecule has 0 radical (unpaired) electrons. The molecular weight excluding hydrogens is 673 g/mol. The van der Waals surface area contributed by atoms with Crippen LogP contribution in [0.5, 0.6) is 0 Å². The Bertz CT molecular complexity index is 2920. The molecule has 0 amide bonds. The molecule has 0 saturated carbocycles. The summed E-state index contributed by atoms with van der Waals surface area (Å²) < 4.78 is 6.41. The number of aromatic nitrogens is 4. The first-order valence-corrected chi connectivity index (χ1v) is 18.3. The first-order chi connectivity index (χ1) is 27.2. The lowest BCUT2D eigenvalue weighted by atomic mass is 9.98. The van der Waals surface area contributed by atoms with Gasteiger partial charge in [-0.3, -0.25) is 4.98 Å². The summed E-state index contributed by atoms with van der Waals surface area (Å²) in [6.07, 6.45) is 1.95. The molecule has 0 aliphatic carbocycles. The average Bonchev–Trinajstić information content (AvgIpc) is 3.66. The summed E-state index contributed by atoms with van der Waals surface area (Å²) in [5.41, 5.74) is 13.0. The fourth-order valence-corrected chi connectivity index (χ4v) is 7.19. The van der Waals surface area contributed by atoms with Crippen molar-refractivity contribution in [1.29, 1.82) is 0 Å². The van der Waals surface area contributed by atoms with Crippen molar-refractivity contribution in [2.45, 2.75) is 0 Å². The van der Waals surface area contributed by atoms with Crippen molar-refractivity contribution in [1.82, 2.24) is 19.9 Å². The van der Waals surface area contributed by atoms with Crippen LogP contribution in [-0.4, -0.2) is 19.9 Å². The van der Waals surface area contributed by atoms with Crippen molar-refractivity contribution in [2.24, 2.45) is 0 Å². The lowest BCUT2D eigenvalue weighted by Gasteiger charge is -2.09. The van der Waals surface area contributed by atoms with E-state index in [1.165, 1.54) is 11.1 Å². The largest absolute Gasteiger partial charge is 0.456 e. The van der Waals surface area contributed by atoms with E-state index in [2.05, 4.69) is 121 Å². The van der Waals surface area contributed by atoms with Gasteiger partial charge < -0.3 is 4.42 Å². The molecule has 0 aliphatic heterocycles. The number of nitrogens with zero attached hydrogens (tertiary/aromatic N) is 4. The zero-order valence-corrected chi connectivity index (χ0v) is 29.7. The van der Waals surface area contributed by atoms with Gasteiger partial charge in [-0.2, -0.15) is 0 Å². The lowest BCUT2D eigenvalue weighted by Crippen LogP contribution is -2.00. The molecule has 0 N–H and O–H groups in total. The molecule has 10 aromatic rings.